The van der Waals surface area contributed by atoms with E-state index in [4.69, 9.17) is 4.74 Å². The van der Waals surface area contributed by atoms with Crippen LogP contribution in [0.15, 0.2) is 6.20 Å². The molecule has 0 amide bonds. The van der Waals surface area contributed by atoms with Gasteiger partial charge in [0.2, 0.25) is 0 Å². The largest absolute Gasteiger partial charge is 0.493 e. The lowest BCUT2D eigenvalue weighted by atomic mass is 10.1. The molecule has 1 aromatic heterocycles. The molecule has 98 valence electrons. The summed E-state index contributed by atoms with van der Waals surface area (Å²) >= 11 is 0. The van der Waals surface area contributed by atoms with Crippen LogP contribution in [0, 0.1) is 17.8 Å². The maximum Gasteiger partial charge on any atom is 0.188 e. The van der Waals surface area contributed by atoms with E-state index in [0.717, 1.165) is 13.0 Å². The van der Waals surface area contributed by atoms with Crippen LogP contribution in [0.4, 0.5) is 0 Å². The molecule has 0 N–H and O–H groups in total. The van der Waals surface area contributed by atoms with Crippen molar-refractivity contribution in [1.29, 1.82) is 0 Å². The van der Waals surface area contributed by atoms with Gasteiger partial charge in [-0.15, -0.1) is 0 Å². The topological polar surface area (TPSA) is 44.1 Å². The number of hydrogen-bond donors (Lipinski definition) is 0. The molecule has 1 heterocycles. The Balaban J connectivity index is 1.86. The number of hydrogen-bond acceptors (Lipinski definition) is 3. The van der Waals surface area contributed by atoms with Crippen molar-refractivity contribution in [2.24, 2.45) is 17.8 Å². The van der Waals surface area contributed by atoms with E-state index in [9.17, 15) is 4.79 Å². The number of methoxy groups -OCH3 is 1. The Hall–Kier alpha value is -1.32. The Kier molecular flexibility index (Phi) is 2.88. The molecule has 0 aromatic carbocycles. The molecule has 2 atom stereocenters. The van der Waals surface area contributed by atoms with Gasteiger partial charge in [0, 0.05) is 12.5 Å². The summed E-state index contributed by atoms with van der Waals surface area (Å²) in [5.41, 5.74) is 0.693. The average Bonchev–Trinajstić information content (AvgIpc) is 2.77. The molecule has 0 bridgehead atoms. The lowest BCUT2D eigenvalue weighted by Gasteiger charge is -2.08. The van der Waals surface area contributed by atoms with E-state index in [1.807, 2.05) is 4.68 Å². The molecule has 2 aliphatic rings. The predicted octanol–water partition coefficient (Wildman–Crippen LogP) is 2.53. The fraction of sp³-hybridized carbons (Fsp3) is 0.714. The Labute approximate surface area is 107 Å². The normalized spacial score (nSPS) is 29.1. The van der Waals surface area contributed by atoms with Gasteiger partial charge in [-0.25, -0.2) is 0 Å². The molecule has 0 saturated heterocycles. The highest BCUT2D eigenvalue weighted by Crippen LogP contribution is 2.58. The van der Waals surface area contributed by atoms with Gasteiger partial charge in [-0.1, -0.05) is 13.3 Å². The van der Waals surface area contributed by atoms with Gasteiger partial charge in [0.1, 0.15) is 5.69 Å². The highest BCUT2D eigenvalue weighted by Gasteiger charge is 2.57. The zero-order valence-corrected chi connectivity index (χ0v) is 11.1. The van der Waals surface area contributed by atoms with Gasteiger partial charge in [-0.05, 0) is 31.1 Å². The molecule has 2 unspecified atom stereocenters. The zero-order chi connectivity index (χ0) is 12.7. The minimum Gasteiger partial charge on any atom is -0.493 e. The Morgan fingerprint density at radius 3 is 2.83 bits per heavy atom. The Bertz CT molecular complexity index is 456. The van der Waals surface area contributed by atoms with Gasteiger partial charge in [-0.2, -0.15) is 5.10 Å². The van der Waals surface area contributed by atoms with Crippen molar-refractivity contribution in [3.8, 4) is 5.75 Å². The molecule has 0 aliphatic heterocycles. The summed E-state index contributed by atoms with van der Waals surface area (Å²) in [6.07, 6.45) is 6.39. The zero-order valence-electron chi connectivity index (χ0n) is 11.1. The van der Waals surface area contributed by atoms with Crippen LogP contribution in [-0.2, 0) is 6.54 Å². The van der Waals surface area contributed by atoms with Crippen LogP contribution in [0.2, 0.25) is 0 Å². The van der Waals surface area contributed by atoms with Crippen LogP contribution >= 0.6 is 0 Å². The standard InChI is InChI=1S/C14H20N2O2/c1-3-7-16-13(11(18-2)8-15-16)14(17)12-9-5-4-6-10(9)12/h8-10,12H,3-7H2,1-2H3. The number of ether oxygens (including phenoxy) is 1. The van der Waals surface area contributed by atoms with Crippen LogP contribution in [0.5, 0.6) is 5.75 Å². The van der Waals surface area contributed by atoms with E-state index in [-0.39, 0.29) is 11.7 Å². The molecule has 0 radical (unpaired) electrons. The fourth-order valence-corrected chi connectivity index (χ4v) is 3.52. The third-order valence-corrected chi connectivity index (χ3v) is 4.40. The maximum atomic E-state index is 12.6. The molecular weight excluding hydrogens is 228 g/mol. The monoisotopic (exact) mass is 248 g/mol. The first-order chi connectivity index (χ1) is 8.77. The molecule has 0 spiro atoms. The van der Waals surface area contributed by atoms with E-state index in [2.05, 4.69) is 12.0 Å². The highest BCUT2D eigenvalue weighted by atomic mass is 16.5. The van der Waals surface area contributed by atoms with Gasteiger partial charge in [-0.3, -0.25) is 9.48 Å². The van der Waals surface area contributed by atoms with Gasteiger partial charge < -0.3 is 4.74 Å². The minimum absolute atomic E-state index is 0.250. The van der Waals surface area contributed by atoms with Crippen LogP contribution < -0.4 is 4.74 Å². The third kappa shape index (κ3) is 1.66. The fourth-order valence-electron chi connectivity index (χ4n) is 3.52. The van der Waals surface area contributed by atoms with Crippen LogP contribution in [0.25, 0.3) is 0 Å². The first-order valence-electron chi connectivity index (χ1n) is 6.92. The number of ketones is 1. The second-order valence-electron chi connectivity index (χ2n) is 5.43. The van der Waals surface area contributed by atoms with Crippen molar-refractivity contribution in [1.82, 2.24) is 9.78 Å². The summed E-state index contributed by atoms with van der Waals surface area (Å²) in [5, 5.41) is 4.27. The molecule has 2 saturated carbocycles. The molecule has 3 rings (SSSR count). The number of nitrogens with zero attached hydrogens (tertiary/aromatic N) is 2. The molecule has 2 aliphatic carbocycles. The second-order valence-corrected chi connectivity index (χ2v) is 5.43. The van der Waals surface area contributed by atoms with Gasteiger partial charge in [0.15, 0.2) is 11.5 Å². The van der Waals surface area contributed by atoms with Crippen molar-refractivity contribution < 1.29 is 9.53 Å². The number of Topliss-reactive ketones (excluding diaryl/α,β-unsaturated/α-hetero) is 1. The van der Waals surface area contributed by atoms with Crippen molar-refractivity contribution >= 4 is 5.78 Å². The number of fused-ring (bicyclic) bond motifs is 1. The van der Waals surface area contributed by atoms with E-state index in [1.54, 1.807) is 13.3 Å². The first kappa shape index (κ1) is 11.8. The smallest absolute Gasteiger partial charge is 0.188 e. The lowest BCUT2D eigenvalue weighted by molar-refractivity contribution is 0.0937. The quantitative estimate of drug-likeness (QED) is 0.752. The van der Waals surface area contributed by atoms with Crippen LogP contribution in [0.3, 0.4) is 0 Å². The van der Waals surface area contributed by atoms with E-state index >= 15 is 0 Å². The number of aryl methyl sites for hydroxylation is 1. The number of aromatic nitrogens is 2. The van der Waals surface area contributed by atoms with Crippen molar-refractivity contribution in [3.63, 3.8) is 0 Å². The number of rotatable bonds is 5. The van der Waals surface area contributed by atoms with Gasteiger partial charge in [0.05, 0.1) is 13.3 Å². The first-order valence-corrected chi connectivity index (χ1v) is 6.92. The van der Waals surface area contributed by atoms with Crippen LogP contribution in [-0.4, -0.2) is 22.7 Å². The van der Waals surface area contributed by atoms with Gasteiger partial charge >= 0.3 is 0 Å². The summed E-state index contributed by atoms with van der Waals surface area (Å²) in [6.45, 7) is 2.88. The summed E-state index contributed by atoms with van der Waals surface area (Å²) < 4.78 is 7.10. The third-order valence-electron chi connectivity index (χ3n) is 4.40. The average molecular weight is 248 g/mol. The molecule has 4 nitrogen and oxygen atoms in total. The maximum absolute atomic E-state index is 12.6. The van der Waals surface area contributed by atoms with Crippen LogP contribution in [0.1, 0.15) is 43.1 Å². The molecular formula is C14H20N2O2. The number of carbonyl (C=O) groups excluding carboxylic acids is 1. The Morgan fingerprint density at radius 1 is 1.50 bits per heavy atom. The predicted molar refractivity (Wildman–Crippen MR) is 67.7 cm³/mol. The molecule has 18 heavy (non-hydrogen) atoms. The SMILES string of the molecule is CCCn1ncc(OC)c1C(=O)C1C2CCCC21. The van der Waals surface area contributed by atoms with E-state index < -0.39 is 0 Å². The summed E-state index contributed by atoms with van der Waals surface area (Å²) in [6, 6.07) is 0. The molecule has 1 aromatic rings. The Morgan fingerprint density at radius 2 is 2.22 bits per heavy atom. The highest BCUT2D eigenvalue weighted by molar-refractivity contribution is 6.01. The van der Waals surface area contributed by atoms with E-state index in [0.29, 0.717) is 23.3 Å². The molecule has 4 heteroatoms. The van der Waals surface area contributed by atoms with Crippen molar-refractivity contribution in [3.05, 3.63) is 11.9 Å². The number of carbonyl (C=O) groups is 1. The molecule has 2 fully saturated rings. The van der Waals surface area contributed by atoms with Crippen molar-refractivity contribution in [2.45, 2.75) is 39.2 Å². The van der Waals surface area contributed by atoms with Gasteiger partial charge in [0.25, 0.3) is 0 Å². The second kappa shape index (κ2) is 4.41. The summed E-state index contributed by atoms with van der Waals surface area (Å²) in [7, 11) is 1.61. The lowest BCUT2D eigenvalue weighted by Crippen LogP contribution is -2.15. The van der Waals surface area contributed by atoms with Crippen molar-refractivity contribution in [2.75, 3.05) is 7.11 Å². The summed E-state index contributed by atoms with van der Waals surface area (Å²) in [5.74, 6) is 2.44. The minimum atomic E-state index is 0.250. The van der Waals surface area contributed by atoms with E-state index in [1.165, 1.54) is 19.3 Å². The summed E-state index contributed by atoms with van der Waals surface area (Å²) in [4.78, 5) is 12.6.